The highest BCUT2D eigenvalue weighted by molar-refractivity contribution is 7.21. The van der Waals surface area contributed by atoms with Crippen LogP contribution in [-0.2, 0) is 36.8 Å². The van der Waals surface area contributed by atoms with Crippen LogP contribution in [-0.4, -0.2) is 91.5 Å². The summed E-state index contributed by atoms with van der Waals surface area (Å²) in [5.41, 5.74) is 6.38. The molecule has 2 aliphatic heterocycles. The molecule has 4 heterocycles. The first-order valence-corrected chi connectivity index (χ1v) is 18.7. The number of amides is 3. The number of aromatic nitrogens is 2. The van der Waals surface area contributed by atoms with E-state index in [0.29, 0.717) is 70.2 Å². The second kappa shape index (κ2) is 16.7. The van der Waals surface area contributed by atoms with Crippen LogP contribution in [0.15, 0.2) is 79.0 Å². The lowest BCUT2D eigenvalue weighted by Crippen LogP contribution is -2.52. The van der Waals surface area contributed by atoms with Crippen molar-refractivity contribution < 1.29 is 33.4 Å². The third kappa shape index (κ3) is 8.65. The van der Waals surface area contributed by atoms with E-state index in [2.05, 4.69) is 46.7 Å². The maximum absolute atomic E-state index is 12.9. The van der Waals surface area contributed by atoms with Gasteiger partial charge in [-0.2, -0.15) is 0 Å². The van der Waals surface area contributed by atoms with Gasteiger partial charge in [-0.15, -0.1) is 11.3 Å². The van der Waals surface area contributed by atoms with Gasteiger partial charge in [-0.05, 0) is 65.6 Å². The molecule has 2 aromatic heterocycles. The Bertz CT molecular complexity index is 2170. The average Bonchev–Trinajstić information content (AvgIpc) is 3.74. The van der Waals surface area contributed by atoms with E-state index in [0.717, 1.165) is 48.9 Å². The fourth-order valence-electron chi connectivity index (χ4n) is 6.51. The van der Waals surface area contributed by atoms with Gasteiger partial charge in [0, 0.05) is 62.8 Å². The molecule has 2 aliphatic rings. The minimum atomic E-state index is -0.651. The molecule has 12 nitrogen and oxygen atoms in total. The standard InChI is InChI=1S/C41H41N5O7S/c1-45(2)37-13-8-29(24-42-37)27-4-6-28(7-5-27)40-43-34-11-3-26(22-36(34)54-40)21-31(47)15-16-51-17-18-52-19-20-53-32-9-10-33-30(23-32)25-46(41(33)50)35-12-14-38(48)44-39(35)49/h3-11,13,22-24,35H,12,14-21,25H2,1-2H3,(H,44,48,49). The number of ether oxygens (including phenoxy) is 3. The maximum atomic E-state index is 12.9. The van der Waals surface area contributed by atoms with Crippen molar-refractivity contribution in [2.45, 2.75) is 38.3 Å². The van der Waals surface area contributed by atoms with Crippen LogP contribution < -0.4 is 15.0 Å². The monoisotopic (exact) mass is 747 g/mol. The molecular formula is C41H41N5O7S. The van der Waals surface area contributed by atoms with Gasteiger partial charge in [0.2, 0.25) is 11.8 Å². The molecule has 0 radical (unpaired) electrons. The first-order valence-electron chi connectivity index (χ1n) is 17.9. The van der Waals surface area contributed by atoms with Crippen LogP contribution in [0.5, 0.6) is 5.75 Å². The summed E-state index contributed by atoms with van der Waals surface area (Å²) in [5.74, 6) is 0.658. The molecule has 0 spiro atoms. The second-order valence-corrected chi connectivity index (χ2v) is 14.5. The SMILES string of the molecule is CN(C)c1ccc(-c2ccc(-c3nc4ccc(CC(=O)CCOCCOCCOc5ccc6c(c5)CN(C5CCC(=O)NC5=O)C6=O)cc4s3)cc2)cn1. The molecular weight excluding hydrogens is 707 g/mol. The summed E-state index contributed by atoms with van der Waals surface area (Å²) in [4.78, 5) is 62.2. The van der Waals surface area contributed by atoms with E-state index in [1.165, 1.54) is 4.90 Å². The number of piperidine rings is 1. The predicted molar refractivity (Wildman–Crippen MR) is 206 cm³/mol. The van der Waals surface area contributed by atoms with Crippen molar-refractivity contribution in [2.75, 3.05) is 52.0 Å². The minimum Gasteiger partial charge on any atom is -0.491 e. The van der Waals surface area contributed by atoms with Gasteiger partial charge in [0.15, 0.2) is 0 Å². The van der Waals surface area contributed by atoms with Gasteiger partial charge >= 0.3 is 0 Å². The van der Waals surface area contributed by atoms with Crippen molar-refractivity contribution in [3.8, 4) is 27.4 Å². The topological polar surface area (TPSA) is 140 Å². The molecule has 0 bridgehead atoms. The van der Waals surface area contributed by atoms with Crippen molar-refractivity contribution in [1.82, 2.24) is 20.2 Å². The number of thiazole rings is 1. The zero-order valence-electron chi connectivity index (χ0n) is 30.2. The van der Waals surface area contributed by atoms with Gasteiger partial charge in [-0.3, -0.25) is 24.5 Å². The number of rotatable bonds is 16. The van der Waals surface area contributed by atoms with Gasteiger partial charge in [-0.1, -0.05) is 30.3 Å². The lowest BCUT2D eigenvalue weighted by molar-refractivity contribution is -0.137. The molecule has 1 saturated heterocycles. The Balaban J connectivity index is 0.785. The van der Waals surface area contributed by atoms with E-state index in [4.69, 9.17) is 19.2 Å². The lowest BCUT2D eigenvalue weighted by atomic mass is 10.0. The predicted octanol–water partition coefficient (Wildman–Crippen LogP) is 5.47. The fourth-order valence-corrected chi connectivity index (χ4v) is 7.55. The van der Waals surface area contributed by atoms with Crippen LogP contribution in [0.25, 0.3) is 31.9 Å². The number of carbonyl (C=O) groups is 4. The summed E-state index contributed by atoms with van der Waals surface area (Å²) in [5, 5.41) is 3.25. The van der Waals surface area contributed by atoms with E-state index < -0.39 is 11.9 Å². The highest BCUT2D eigenvalue weighted by Gasteiger charge is 2.39. The number of carbonyl (C=O) groups excluding carboxylic acids is 4. The fraction of sp³-hybridized carbons (Fsp3) is 0.317. The number of nitrogens with one attached hydrogen (secondary N) is 1. The zero-order chi connectivity index (χ0) is 37.6. The third-order valence-corrected chi connectivity index (χ3v) is 10.5. The Morgan fingerprint density at radius 1 is 0.889 bits per heavy atom. The van der Waals surface area contributed by atoms with Crippen LogP contribution in [0.2, 0.25) is 0 Å². The van der Waals surface area contributed by atoms with Gasteiger partial charge in [0.1, 0.15) is 35.0 Å². The van der Waals surface area contributed by atoms with Crippen molar-refractivity contribution >= 4 is 50.9 Å². The van der Waals surface area contributed by atoms with E-state index in [1.54, 1.807) is 29.5 Å². The lowest BCUT2D eigenvalue weighted by Gasteiger charge is -2.29. The minimum absolute atomic E-state index is 0.105. The molecule has 0 saturated carbocycles. The number of hydrogen-bond donors (Lipinski definition) is 1. The molecule has 13 heteroatoms. The van der Waals surface area contributed by atoms with E-state index in [9.17, 15) is 19.2 Å². The number of Topliss-reactive ketones (excluding diaryl/α,β-unsaturated/α-hetero) is 1. The van der Waals surface area contributed by atoms with Crippen molar-refractivity contribution in [3.05, 3.63) is 95.7 Å². The van der Waals surface area contributed by atoms with Crippen LogP contribution in [0, 0.1) is 0 Å². The van der Waals surface area contributed by atoms with Crippen LogP contribution in [0.4, 0.5) is 5.82 Å². The van der Waals surface area contributed by atoms with Gasteiger partial charge in [0.25, 0.3) is 5.91 Å². The highest BCUT2D eigenvalue weighted by atomic mass is 32.1. The van der Waals surface area contributed by atoms with Crippen LogP contribution in [0.3, 0.4) is 0 Å². The van der Waals surface area contributed by atoms with Crippen LogP contribution >= 0.6 is 11.3 Å². The van der Waals surface area contributed by atoms with Crippen molar-refractivity contribution in [3.63, 3.8) is 0 Å². The zero-order valence-corrected chi connectivity index (χ0v) is 31.0. The quantitative estimate of drug-likeness (QED) is 0.102. The summed E-state index contributed by atoms with van der Waals surface area (Å²) in [6, 6.07) is 23.0. The molecule has 0 aliphatic carbocycles. The Morgan fingerprint density at radius 3 is 2.41 bits per heavy atom. The number of hydrogen-bond acceptors (Lipinski definition) is 11. The summed E-state index contributed by atoms with van der Waals surface area (Å²) < 4.78 is 18.1. The molecule has 54 heavy (non-hydrogen) atoms. The molecule has 5 aromatic rings. The highest BCUT2D eigenvalue weighted by Crippen LogP contribution is 2.33. The summed E-state index contributed by atoms with van der Waals surface area (Å²) in [6.07, 6.45) is 3.07. The van der Waals surface area contributed by atoms with E-state index in [-0.39, 0.29) is 24.0 Å². The molecule has 1 unspecified atom stereocenters. The van der Waals surface area contributed by atoms with Crippen LogP contribution in [0.1, 0.15) is 40.7 Å². The number of benzene rings is 3. The third-order valence-electron chi connectivity index (χ3n) is 9.41. The maximum Gasteiger partial charge on any atom is 0.255 e. The number of nitrogens with zero attached hydrogens (tertiary/aromatic N) is 4. The molecule has 1 N–H and O–H groups in total. The Labute approximate surface area is 317 Å². The van der Waals surface area contributed by atoms with Gasteiger partial charge in [-0.25, -0.2) is 9.97 Å². The largest absolute Gasteiger partial charge is 0.491 e. The Morgan fingerprint density at radius 2 is 1.65 bits per heavy atom. The summed E-state index contributed by atoms with van der Waals surface area (Å²) >= 11 is 1.62. The second-order valence-electron chi connectivity index (χ2n) is 13.5. The van der Waals surface area contributed by atoms with Crippen molar-refractivity contribution in [2.24, 2.45) is 0 Å². The number of ketones is 1. The van der Waals surface area contributed by atoms with Gasteiger partial charge in [0.05, 0.1) is 36.6 Å². The smallest absolute Gasteiger partial charge is 0.255 e. The normalized spacial score (nSPS) is 15.4. The van der Waals surface area contributed by atoms with Gasteiger partial charge < -0.3 is 24.0 Å². The Hall–Kier alpha value is -5.50. The average molecular weight is 748 g/mol. The number of pyridine rings is 1. The molecule has 278 valence electrons. The number of anilines is 1. The molecule has 3 aromatic carbocycles. The summed E-state index contributed by atoms with van der Waals surface area (Å²) in [6.45, 7) is 1.99. The van der Waals surface area contributed by atoms with E-state index in [1.807, 2.05) is 43.4 Å². The number of imide groups is 1. The molecule has 7 rings (SSSR count). The number of fused-ring (bicyclic) bond motifs is 2. The van der Waals surface area contributed by atoms with E-state index >= 15 is 0 Å². The first kappa shape index (κ1) is 36.8. The first-order chi connectivity index (χ1) is 26.2. The molecule has 1 atom stereocenters. The molecule has 3 amide bonds. The van der Waals surface area contributed by atoms with Crippen molar-refractivity contribution in [1.29, 1.82) is 0 Å². The Kier molecular flexibility index (Phi) is 11.4. The summed E-state index contributed by atoms with van der Waals surface area (Å²) in [7, 11) is 3.95. The molecule has 1 fully saturated rings.